The average molecular weight is 243 g/mol. The summed E-state index contributed by atoms with van der Waals surface area (Å²) in [4.78, 5) is 11.9. The zero-order valence-corrected chi connectivity index (χ0v) is 10.5. The fourth-order valence-electron chi connectivity index (χ4n) is 1.90. The minimum atomic E-state index is -0.149. The Balaban J connectivity index is 2.09. The van der Waals surface area contributed by atoms with Gasteiger partial charge in [0.05, 0.1) is 0 Å². The minimum Gasteiger partial charge on any atom is -0.384 e. The molecule has 1 aromatic carbocycles. The van der Waals surface area contributed by atoms with Gasteiger partial charge in [0.15, 0.2) is 0 Å². The van der Waals surface area contributed by atoms with Crippen LogP contribution in [0.25, 0.3) is 0 Å². The first-order valence-electron chi connectivity index (χ1n) is 6.22. The Morgan fingerprint density at radius 1 is 1.50 bits per heavy atom. The largest absolute Gasteiger partial charge is 0.384 e. The quantitative estimate of drug-likeness (QED) is 0.775. The lowest BCUT2D eigenvalue weighted by molar-refractivity contribution is 0.0917. The highest BCUT2D eigenvalue weighted by Gasteiger charge is 2.20. The predicted molar refractivity (Wildman–Crippen MR) is 70.2 cm³/mol. The molecule has 0 aromatic heterocycles. The van der Waals surface area contributed by atoms with Crippen LogP contribution in [0.1, 0.15) is 40.7 Å². The first-order chi connectivity index (χ1) is 8.70. The van der Waals surface area contributed by atoms with Gasteiger partial charge in [0.2, 0.25) is 0 Å². The van der Waals surface area contributed by atoms with Gasteiger partial charge in [0, 0.05) is 17.2 Å². The van der Waals surface area contributed by atoms with Crippen molar-refractivity contribution < 1.29 is 9.90 Å². The molecule has 0 bridgehead atoms. The topological polar surface area (TPSA) is 49.3 Å². The second-order valence-corrected chi connectivity index (χ2v) is 4.59. The van der Waals surface area contributed by atoms with Crippen LogP contribution in [0.3, 0.4) is 0 Å². The second kappa shape index (κ2) is 5.70. The van der Waals surface area contributed by atoms with E-state index in [4.69, 9.17) is 5.11 Å². The molecule has 1 aromatic rings. The molecule has 3 heteroatoms. The lowest BCUT2D eigenvalue weighted by Crippen LogP contribution is -2.39. The van der Waals surface area contributed by atoms with E-state index in [0.29, 0.717) is 11.6 Å². The maximum Gasteiger partial charge on any atom is 0.251 e. The zero-order valence-electron chi connectivity index (χ0n) is 10.5. The van der Waals surface area contributed by atoms with Gasteiger partial charge in [-0.25, -0.2) is 0 Å². The standard InChI is InChI=1S/C15H17NO2/c1-11-10-13(8-7-12(11)4-3-9-17)15(18)16-14-5-2-6-14/h7-8,10,14,17H,2,5-6,9H2,1H3,(H,16,18). The highest BCUT2D eigenvalue weighted by Crippen LogP contribution is 2.19. The van der Waals surface area contributed by atoms with Crippen molar-refractivity contribution in [2.75, 3.05) is 6.61 Å². The van der Waals surface area contributed by atoms with Crippen LogP contribution in [0.5, 0.6) is 0 Å². The maximum absolute atomic E-state index is 11.9. The lowest BCUT2D eigenvalue weighted by Gasteiger charge is -2.26. The van der Waals surface area contributed by atoms with Crippen molar-refractivity contribution >= 4 is 5.91 Å². The summed E-state index contributed by atoms with van der Waals surface area (Å²) in [5.74, 6) is 5.46. The minimum absolute atomic E-state index is 0.00975. The molecular weight excluding hydrogens is 226 g/mol. The number of rotatable bonds is 2. The van der Waals surface area contributed by atoms with Crippen molar-refractivity contribution in [3.05, 3.63) is 34.9 Å². The molecule has 1 saturated carbocycles. The molecule has 1 amide bonds. The number of nitrogens with one attached hydrogen (secondary N) is 1. The second-order valence-electron chi connectivity index (χ2n) is 4.59. The molecule has 0 spiro atoms. The summed E-state index contributed by atoms with van der Waals surface area (Å²) < 4.78 is 0. The number of carbonyl (C=O) groups excluding carboxylic acids is 1. The molecule has 0 aliphatic heterocycles. The Morgan fingerprint density at radius 3 is 2.83 bits per heavy atom. The molecule has 0 unspecified atom stereocenters. The molecule has 1 fully saturated rings. The summed E-state index contributed by atoms with van der Waals surface area (Å²) in [5, 5.41) is 11.7. The van der Waals surface area contributed by atoms with Crippen LogP contribution in [0.4, 0.5) is 0 Å². The van der Waals surface area contributed by atoms with Gasteiger partial charge in [-0.3, -0.25) is 4.79 Å². The third kappa shape index (κ3) is 2.91. The number of hydrogen-bond donors (Lipinski definition) is 2. The summed E-state index contributed by atoms with van der Waals surface area (Å²) in [6.45, 7) is 1.77. The molecule has 0 heterocycles. The van der Waals surface area contributed by atoms with Gasteiger partial charge in [-0.05, 0) is 49.9 Å². The maximum atomic E-state index is 11.9. The van der Waals surface area contributed by atoms with E-state index in [0.717, 1.165) is 24.0 Å². The fraction of sp³-hybridized carbons (Fsp3) is 0.400. The molecule has 0 radical (unpaired) electrons. The van der Waals surface area contributed by atoms with Crippen LogP contribution in [0, 0.1) is 18.8 Å². The van der Waals surface area contributed by atoms with Gasteiger partial charge in [0.25, 0.3) is 5.91 Å². The Hall–Kier alpha value is -1.79. The van der Waals surface area contributed by atoms with E-state index in [1.165, 1.54) is 6.42 Å². The van der Waals surface area contributed by atoms with Crippen molar-refractivity contribution in [3.8, 4) is 11.8 Å². The number of hydrogen-bond acceptors (Lipinski definition) is 2. The Labute approximate surface area is 107 Å². The summed E-state index contributed by atoms with van der Waals surface area (Å²) in [6.07, 6.45) is 3.38. The Morgan fingerprint density at radius 2 is 2.28 bits per heavy atom. The van der Waals surface area contributed by atoms with Crippen LogP contribution in [0.15, 0.2) is 18.2 Å². The Kier molecular flexibility index (Phi) is 4.01. The summed E-state index contributed by atoms with van der Waals surface area (Å²) in [5.41, 5.74) is 2.48. The number of amides is 1. The third-order valence-electron chi connectivity index (χ3n) is 3.23. The summed E-state index contributed by atoms with van der Waals surface area (Å²) in [7, 11) is 0. The van der Waals surface area contributed by atoms with Crippen molar-refractivity contribution in [2.45, 2.75) is 32.2 Å². The molecule has 3 nitrogen and oxygen atoms in total. The summed E-state index contributed by atoms with van der Waals surface area (Å²) in [6, 6.07) is 5.80. The normalized spacial score (nSPS) is 14.3. The zero-order chi connectivity index (χ0) is 13.0. The van der Waals surface area contributed by atoms with Crippen LogP contribution in [-0.2, 0) is 0 Å². The van der Waals surface area contributed by atoms with Crippen molar-refractivity contribution in [1.82, 2.24) is 5.32 Å². The first-order valence-corrected chi connectivity index (χ1v) is 6.22. The van der Waals surface area contributed by atoms with Gasteiger partial charge in [-0.2, -0.15) is 0 Å². The number of benzene rings is 1. The highest BCUT2D eigenvalue weighted by atomic mass is 16.2. The third-order valence-corrected chi connectivity index (χ3v) is 3.23. The fourth-order valence-corrected chi connectivity index (χ4v) is 1.90. The van der Waals surface area contributed by atoms with E-state index in [-0.39, 0.29) is 12.5 Å². The van der Waals surface area contributed by atoms with Gasteiger partial charge >= 0.3 is 0 Å². The molecule has 0 atom stereocenters. The van der Waals surface area contributed by atoms with Crippen LogP contribution in [-0.4, -0.2) is 23.7 Å². The number of aliphatic hydroxyl groups excluding tert-OH is 1. The molecule has 0 saturated heterocycles. The predicted octanol–water partition coefficient (Wildman–Crippen LogP) is 1.62. The molecule has 1 aliphatic carbocycles. The first kappa shape index (κ1) is 12.7. The van der Waals surface area contributed by atoms with Gasteiger partial charge < -0.3 is 10.4 Å². The van der Waals surface area contributed by atoms with Crippen LogP contribution < -0.4 is 5.32 Å². The molecule has 1 aliphatic rings. The number of aliphatic hydroxyl groups is 1. The van der Waals surface area contributed by atoms with Gasteiger partial charge in [-0.15, -0.1) is 0 Å². The van der Waals surface area contributed by atoms with Gasteiger partial charge in [-0.1, -0.05) is 11.8 Å². The van der Waals surface area contributed by atoms with Crippen LogP contribution in [0.2, 0.25) is 0 Å². The van der Waals surface area contributed by atoms with Crippen molar-refractivity contribution in [3.63, 3.8) is 0 Å². The highest BCUT2D eigenvalue weighted by molar-refractivity contribution is 5.94. The SMILES string of the molecule is Cc1cc(C(=O)NC2CCC2)ccc1C#CCO. The van der Waals surface area contributed by atoms with E-state index >= 15 is 0 Å². The number of carbonyl (C=O) groups is 1. The smallest absolute Gasteiger partial charge is 0.251 e. The molecule has 2 N–H and O–H groups in total. The van der Waals surface area contributed by atoms with Gasteiger partial charge in [0.1, 0.15) is 6.61 Å². The molecule has 18 heavy (non-hydrogen) atoms. The van der Waals surface area contributed by atoms with E-state index < -0.39 is 0 Å². The van der Waals surface area contributed by atoms with Crippen molar-refractivity contribution in [1.29, 1.82) is 0 Å². The molecule has 2 rings (SSSR count). The Bertz CT molecular complexity index is 507. The monoisotopic (exact) mass is 243 g/mol. The molecule has 94 valence electrons. The number of aryl methyl sites for hydroxylation is 1. The van der Waals surface area contributed by atoms with Crippen molar-refractivity contribution in [2.24, 2.45) is 0 Å². The lowest BCUT2D eigenvalue weighted by atomic mass is 9.93. The molecular formula is C15H17NO2. The van der Waals surface area contributed by atoms with Crippen LogP contribution >= 0.6 is 0 Å². The van der Waals surface area contributed by atoms with E-state index in [9.17, 15) is 4.79 Å². The van der Waals surface area contributed by atoms with E-state index in [2.05, 4.69) is 17.2 Å². The van der Waals surface area contributed by atoms with E-state index in [1.807, 2.05) is 19.1 Å². The summed E-state index contributed by atoms with van der Waals surface area (Å²) >= 11 is 0. The van der Waals surface area contributed by atoms with E-state index in [1.54, 1.807) is 6.07 Å². The average Bonchev–Trinajstić information content (AvgIpc) is 2.32.